The highest BCUT2D eigenvalue weighted by Crippen LogP contribution is 2.21. The van der Waals surface area contributed by atoms with Gasteiger partial charge in [-0.2, -0.15) is 13.2 Å². The van der Waals surface area contributed by atoms with Gasteiger partial charge in [0.1, 0.15) is 0 Å². The first-order valence-corrected chi connectivity index (χ1v) is 4.57. The molecule has 0 spiro atoms. The molecule has 92 valence electrons. The van der Waals surface area contributed by atoms with Gasteiger partial charge in [-0.3, -0.25) is 4.79 Å². The number of nitrogens with zero attached hydrogens (tertiary/aromatic N) is 1. The zero-order valence-electron chi connectivity index (χ0n) is 8.16. The van der Waals surface area contributed by atoms with Crippen molar-refractivity contribution in [2.45, 2.75) is 19.0 Å². The van der Waals surface area contributed by atoms with E-state index in [0.717, 1.165) is 5.06 Å². The Labute approximate surface area is 88.7 Å². The highest BCUT2D eigenvalue weighted by molar-refractivity contribution is 5.75. The monoisotopic (exact) mass is 241 g/mol. The summed E-state index contributed by atoms with van der Waals surface area (Å²) in [5.41, 5.74) is 0. The summed E-state index contributed by atoms with van der Waals surface area (Å²) in [5, 5.41) is 9.41. The number of carboxylic acid groups (broad SMARTS) is 1. The van der Waals surface area contributed by atoms with Crippen molar-refractivity contribution < 1.29 is 32.7 Å². The molecule has 0 aromatic heterocycles. The van der Waals surface area contributed by atoms with Crippen molar-refractivity contribution >= 4 is 11.9 Å². The number of hydrogen-bond acceptors (Lipinski definition) is 4. The quantitative estimate of drug-likeness (QED) is 0.774. The largest absolute Gasteiger partial charge is 0.492 e. The van der Waals surface area contributed by atoms with E-state index < -0.39 is 24.0 Å². The minimum atomic E-state index is -5.06. The van der Waals surface area contributed by atoms with Gasteiger partial charge in [0.15, 0.2) is 0 Å². The van der Waals surface area contributed by atoms with Crippen molar-refractivity contribution in [1.82, 2.24) is 5.06 Å². The van der Waals surface area contributed by atoms with E-state index in [0.29, 0.717) is 12.8 Å². The van der Waals surface area contributed by atoms with Crippen LogP contribution in [0.5, 0.6) is 0 Å². The van der Waals surface area contributed by atoms with Crippen LogP contribution in [0.3, 0.4) is 0 Å². The van der Waals surface area contributed by atoms with Crippen molar-refractivity contribution in [2.24, 2.45) is 5.92 Å². The summed E-state index contributed by atoms with van der Waals surface area (Å²) in [6, 6.07) is 0. The Morgan fingerprint density at radius 2 is 2.00 bits per heavy atom. The van der Waals surface area contributed by atoms with Crippen LogP contribution in [0.1, 0.15) is 12.8 Å². The number of carboxylic acids is 1. The van der Waals surface area contributed by atoms with E-state index >= 15 is 0 Å². The predicted molar refractivity (Wildman–Crippen MR) is 44.1 cm³/mol. The van der Waals surface area contributed by atoms with Gasteiger partial charge in [-0.25, -0.2) is 4.79 Å². The van der Waals surface area contributed by atoms with E-state index in [1.165, 1.54) is 0 Å². The molecule has 1 fully saturated rings. The molecule has 16 heavy (non-hydrogen) atoms. The van der Waals surface area contributed by atoms with E-state index in [4.69, 9.17) is 5.11 Å². The van der Waals surface area contributed by atoms with Crippen LogP contribution < -0.4 is 0 Å². The molecule has 0 aromatic carbocycles. The summed E-state index contributed by atoms with van der Waals surface area (Å²) < 4.78 is 35.5. The maximum atomic E-state index is 11.8. The van der Waals surface area contributed by atoms with Gasteiger partial charge >= 0.3 is 18.1 Å². The minimum Gasteiger partial charge on any atom is -0.481 e. The van der Waals surface area contributed by atoms with Gasteiger partial charge in [0.05, 0.1) is 5.92 Å². The second-order valence-corrected chi connectivity index (χ2v) is 3.44. The fourth-order valence-corrected chi connectivity index (χ4v) is 1.40. The molecule has 1 atom stereocenters. The number of rotatable bonds is 2. The molecule has 1 saturated heterocycles. The Bertz CT molecular complexity index is 291. The van der Waals surface area contributed by atoms with Crippen molar-refractivity contribution in [3.63, 3.8) is 0 Å². The Hall–Kier alpha value is -1.31. The fourth-order valence-electron chi connectivity index (χ4n) is 1.40. The molecule has 1 rings (SSSR count). The number of alkyl halides is 3. The Morgan fingerprint density at radius 1 is 1.38 bits per heavy atom. The molecule has 1 unspecified atom stereocenters. The molecule has 8 heteroatoms. The van der Waals surface area contributed by atoms with Crippen LogP contribution in [-0.4, -0.2) is 41.4 Å². The number of halogens is 3. The summed E-state index contributed by atoms with van der Waals surface area (Å²) in [6.45, 7) is -0.0945. The van der Waals surface area contributed by atoms with Crippen LogP contribution >= 0.6 is 0 Å². The fraction of sp³-hybridized carbons (Fsp3) is 0.750. The third-order valence-corrected chi connectivity index (χ3v) is 2.18. The highest BCUT2D eigenvalue weighted by atomic mass is 19.4. The minimum absolute atomic E-state index is 0.117. The zero-order chi connectivity index (χ0) is 12.3. The molecular weight excluding hydrogens is 231 g/mol. The first kappa shape index (κ1) is 12.8. The summed E-state index contributed by atoms with van der Waals surface area (Å²) in [7, 11) is 0. The average Bonchev–Trinajstić information content (AvgIpc) is 2.16. The van der Waals surface area contributed by atoms with Crippen molar-refractivity contribution in [1.29, 1.82) is 0 Å². The van der Waals surface area contributed by atoms with E-state index in [2.05, 4.69) is 4.84 Å². The smallest absolute Gasteiger partial charge is 0.481 e. The van der Waals surface area contributed by atoms with Crippen molar-refractivity contribution in [2.75, 3.05) is 13.1 Å². The van der Waals surface area contributed by atoms with Crippen molar-refractivity contribution in [3.05, 3.63) is 0 Å². The SMILES string of the molecule is O=C(O)C1CCCN(OC(=O)C(F)(F)F)C1. The van der Waals surface area contributed by atoms with Gasteiger partial charge in [-0.1, -0.05) is 0 Å². The molecule has 1 N–H and O–H groups in total. The van der Waals surface area contributed by atoms with Gasteiger partial charge < -0.3 is 9.94 Å². The maximum Gasteiger partial charge on any atom is 0.492 e. The molecule has 1 heterocycles. The Balaban J connectivity index is 2.49. The lowest BCUT2D eigenvalue weighted by Crippen LogP contribution is -2.42. The van der Waals surface area contributed by atoms with Crippen LogP contribution in [0, 0.1) is 5.92 Å². The molecule has 0 bridgehead atoms. The number of hydroxylamine groups is 2. The van der Waals surface area contributed by atoms with Gasteiger partial charge in [0.25, 0.3) is 0 Å². The molecule has 0 aliphatic carbocycles. The highest BCUT2D eigenvalue weighted by Gasteiger charge is 2.43. The molecule has 0 amide bonds. The number of piperidine rings is 1. The number of aliphatic carboxylic acids is 1. The number of carbonyl (C=O) groups excluding carboxylic acids is 1. The average molecular weight is 241 g/mol. The molecule has 0 radical (unpaired) electrons. The number of carbonyl (C=O) groups is 2. The molecule has 5 nitrogen and oxygen atoms in total. The Kier molecular flexibility index (Phi) is 3.74. The molecule has 0 aromatic rings. The zero-order valence-corrected chi connectivity index (χ0v) is 8.16. The van der Waals surface area contributed by atoms with Crippen LogP contribution in [0.15, 0.2) is 0 Å². The summed E-state index contributed by atoms with van der Waals surface area (Å²) in [5.74, 6) is -4.22. The maximum absolute atomic E-state index is 11.8. The molecular formula is C8H10F3NO4. The molecule has 0 saturated carbocycles. The topological polar surface area (TPSA) is 66.8 Å². The van der Waals surface area contributed by atoms with Gasteiger partial charge in [-0.05, 0) is 12.8 Å². The lowest BCUT2D eigenvalue weighted by molar-refractivity contribution is -0.243. The van der Waals surface area contributed by atoms with Gasteiger partial charge in [0, 0.05) is 13.1 Å². The summed E-state index contributed by atoms with van der Waals surface area (Å²) in [6.07, 6.45) is -4.31. The van der Waals surface area contributed by atoms with E-state index in [1.54, 1.807) is 0 Å². The standard InChI is InChI=1S/C8H10F3NO4/c9-8(10,11)7(15)16-12-3-1-2-5(4-12)6(13)14/h5H,1-4H2,(H,13,14). The van der Waals surface area contributed by atoms with E-state index in [-0.39, 0.29) is 13.1 Å². The molecule has 1 aliphatic rings. The third-order valence-electron chi connectivity index (χ3n) is 2.18. The summed E-state index contributed by atoms with van der Waals surface area (Å²) in [4.78, 5) is 25.1. The van der Waals surface area contributed by atoms with E-state index in [1.807, 2.05) is 0 Å². The van der Waals surface area contributed by atoms with Crippen molar-refractivity contribution in [3.8, 4) is 0 Å². The van der Waals surface area contributed by atoms with Gasteiger partial charge in [0.2, 0.25) is 0 Å². The second-order valence-electron chi connectivity index (χ2n) is 3.44. The Morgan fingerprint density at radius 3 is 2.50 bits per heavy atom. The normalized spacial score (nSPS) is 22.8. The second kappa shape index (κ2) is 4.69. The summed E-state index contributed by atoms with van der Waals surface area (Å²) >= 11 is 0. The lowest BCUT2D eigenvalue weighted by atomic mass is 10.00. The first-order valence-electron chi connectivity index (χ1n) is 4.57. The predicted octanol–water partition coefficient (Wildman–Crippen LogP) is 0.804. The lowest BCUT2D eigenvalue weighted by Gasteiger charge is -2.28. The van der Waals surface area contributed by atoms with Crippen LogP contribution in [0.2, 0.25) is 0 Å². The molecule has 1 aliphatic heterocycles. The van der Waals surface area contributed by atoms with Crippen LogP contribution in [0.4, 0.5) is 13.2 Å². The van der Waals surface area contributed by atoms with Crippen LogP contribution in [-0.2, 0) is 14.4 Å². The van der Waals surface area contributed by atoms with Crippen LogP contribution in [0.25, 0.3) is 0 Å². The number of hydrogen-bond donors (Lipinski definition) is 1. The van der Waals surface area contributed by atoms with E-state index in [9.17, 15) is 22.8 Å². The third kappa shape index (κ3) is 3.37. The van der Waals surface area contributed by atoms with Gasteiger partial charge in [-0.15, -0.1) is 5.06 Å². The first-order chi connectivity index (χ1) is 7.30.